The first kappa shape index (κ1) is 24.3. The molecule has 0 saturated heterocycles. The number of nitrogens with zero attached hydrogens (tertiary/aromatic N) is 3. The second-order valence-corrected chi connectivity index (χ2v) is 9.44. The van der Waals surface area contributed by atoms with Gasteiger partial charge in [0.2, 0.25) is 0 Å². The molecule has 0 radical (unpaired) electrons. The number of nitrogens with one attached hydrogen (secondary N) is 1. The Labute approximate surface area is 198 Å². The van der Waals surface area contributed by atoms with Crippen molar-refractivity contribution in [3.63, 3.8) is 0 Å². The van der Waals surface area contributed by atoms with Gasteiger partial charge >= 0.3 is 12.2 Å². The molecule has 1 saturated carbocycles. The molecule has 1 aliphatic rings. The van der Waals surface area contributed by atoms with Crippen molar-refractivity contribution < 1.29 is 27.5 Å². The van der Waals surface area contributed by atoms with Gasteiger partial charge in [-0.2, -0.15) is 18.3 Å². The van der Waals surface area contributed by atoms with E-state index < -0.39 is 35.9 Å². The highest BCUT2D eigenvalue weighted by Crippen LogP contribution is 2.40. The Morgan fingerprint density at radius 1 is 1.29 bits per heavy atom. The molecule has 4 rings (SSSR count). The first-order valence-electron chi connectivity index (χ1n) is 10.7. The van der Waals surface area contributed by atoms with Crippen LogP contribution in [0, 0.1) is 5.82 Å². The summed E-state index contributed by atoms with van der Waals surface area (Å²) in [6, 6.07) is 4.60. The summed E-state index contributed by atoms with van der Waals surface area (Å²) in [5, 5.41) is 16.8. The lowest BCUT2D eigenvalue weighted by Gasteiger charge is -2.26. The summed E-state index contributed by atoms with van der Waals surface area (Å²) in [6.45, 7) is 2.30. The van der Waals surface area contributed by atoms with Gasteiger partial charge in [0, 0.05) is 28.9 Å². The van der Waals surface area contributed by atoms with Crippen LogP contribution in [0.15, 0.2) is 36.7 Å². The molecule has 34 heavy (non-hydrogen) atoms. The zero-order valence-corrected chi connectivity index (χ0v) is 19.2. The molecule has 2 heterocycles. The molecule has 0 bridgehead atoms. The molecular formula is C23H23ClF4N4O2. The highest BCUT2D eigenvalue weighted by Gasteiger charge is 2.40. The number of aromatic nitrogens is 3. The van der Waals surface area contributed by atoms with Gasteiger partial charge in [0.1, 0.15) is 5.82 Å². The van der Waals surface area contributed by atoms with Crippen LogP contribution in [0.3, 0.4) is 0 Å². The number of benzene rings is 1. The standard InChI is InChI=1S/C23H23ClF4N4O2/c1-22(2,34)12-32-20(23(26,27)28)15(10-29-32)18-9-13(19-16(24)7-4-8-17(19)25)11-31(18)21(33)30-14-5-3-6-14/h4,7-11,14,34H,3,5-6,12H2,1-2H3,(H,30,33). The van der Waals surface area contributed by atoms with Gasteiger partial charge in [-0.05, 0) is 51.3 Å². The van der Waals surface area contributed by atoms with Gasteiger partial charge in [-0.3, -0.25) is 9.25 Å². The fraction of sp³-hybridized carbons (Fsp3) is 0.391. The van der Waals surface area contributed by atoms with E-state index in [1.807, 2.05) is 0 Å². The van der Waals surface area contributed by atoms with E-state index in [9.17, 15) is 27.5 Å². The van der Waals surface area contributed by atoms with Crippen LogP contribution in [-0.4, -0.2) is 37.1 Å². The van der Waals surface area contributed by atoms with Crippen molar-refractivity contribution in [1.29, 1.82) is 0 Å². The molecule has 2 N–H and O–H groups in total. The number of hydrogen-bond donors (Lipinski definition) is 2. The van der Waals surface area contributed by atoms with Crippen molar-refractivity contribution >= 4 is 17.6 Å². The predicted octanol–water partition coefficient (Wildman–Crippen LogP) is 5.71. The molecule has 1 aromatic carbocycles. The van der Waals surface area contributed by atoms with E-state index in [1.54, 1.807) is 0 Å². The second kappa shape index (κ2) is 8.74. The highest BCUT2D eigenvalue weighted by atomic mass is 35.5. The highest BCUT2D eigenvalue weighted by molar-refractivity contribution is 6.33. The SMILES string of the molecule is CC(C)(O)Cn1ncc(-c2cc(-c3c(F)cccc3Cl)cn2C(=O)NC2CCC2)c1C(F)(F)F. The number of halogens is 5. The molecule has 0 aliphatic heterocycles. The number of hydrogen-bond acceptors (Lipinski definition) is 3. The minimum atomic E-state index is -4.84. The molecular weight excluding hydrogens is 476 g/mol. The monoisotopic (exact) mass is 498 g/mol. The third-order valence-electron chi connectivity index (χ3n) is 5.64. The lowest BCUT2D eigenvalue weighted by molar-refractivity contribution is -0.144. The van der Waals surface area contributed by atoms with Crippen LogP contribution in [0.1, 0.15) is 38.8 Å². The second-order valence-electron chi connectivity index (χ2n) is 9.03. The van der Waals surface area contributed by atoms with Crippen LogP contribution in [-0.2, 0) is 12.7 Å². The van der Waals surface area contributed by atoms with Crippen LogP contribution < -0.4 is 5.32 Å². The maximum atomic E-state index is 14.6. The van der Waals surface area contributed by atoms with E-state index in [2.05, 4.69) is 10.4 Å². The largest absolute Gasteiger partial charge is 0.433 e. The smallest absolute Gasteiger partial charge is 0.389 e. The van der Waals surface area contributed by atoms with Gasteiger partial charge < -0.3 is 10.4 Å². The lowest BCUT2D eigenvalue weighted by atomic mass is 9.93. The Morgan fingerprint density at radius 3 is 2.56 bits per heavy atom. The minimum absolute atomic E-state index is 0.0296. The summed E-state index contributed by atoms with van der Waals surface area (Å²) in [5.74, 6) is -0.677. The van der Waals surface area contributed by atoms with Crippen molar-refractivity contribution in [2.24, 2.45) is 0 Å². The first-order valence-corrected chi connectivity index (χ1v) is 11.1. The molecule has 0 unspecified atom stereocenters. The molecule has 2 aromatic heterocycles. The van der Waals surface area contributed by atoms with Crippen LogP contribution >= 0.6 is 11.6 Å². The van der Waals surface area contributed by atoms with E-state index in [0.717, 1.165) is 30.0 Å². The van der Waals surface area contributed by atoms with E-state index in [4.69, 9.17) is 11.6 Å². The first-order chi connectivity index (χ1) is 15.8. The third kappa shape index (κ3) is 4.83. The predicted molar refractivity (Wildman–Crippen MR) is 119 cm³/mol. The average Bonchev–Trinajstić information content (AvgIpc) is 3.27. The molecule has 0 atom stereocenters. The number of alkyl halides is 3. The normalized spacial score (nSPS) is 14.8. The van der Waals surface area contributed by atoms with E-state index >= 15 is 0 Å². The Hall–Kier alpha value is -2.85. The Morgan fingerprint density at radius 2 is 2.00 bits per heavy atom. The summed E-state index contributed by atoms with van der Waals surface area (Å²) in [7, 11) is 0. The zero-order valence-electron chi connectivity index (χ0n) is 18.5. The minimum Gasteiger partial charge on any atom is -0.389 e. The molecule has 1 aliphatic carbocycles. The van der Waals surface area contributed by atoms with Gasteiger partial charge in [0.15, 0.2) is 5.69 Å². The van der Waals surface area contributed by atoms with Crippen LogP contribution in [0.4, 0.5) is 22.4 Å². The third-order valence-corrected chi connectivity index (χ3v) is 5.96. The quantitative estimate of drug-likeness (QED) is 0.442. The summed E-state index contributed by atoms with van der Waals surface area (Å²) in [5.41, 5.74) is -2.99. The summed E-state index contributed by atoms with van der Waals surface area (Å²) in [4.78, 5) is 13.0. The van der Waals surface area contributed by atoms with Crippen molar-refractivity contribution in [2.45, 2.75) is 57.5 Å². The van der Waals surface area contributed by atoms with Gasteiger partial charge in [0.05, 0.1) is 29.1 Å². The molecule has 1 amide bonds. The van der Waals surface area contributed by atoms with Crippen molar-refractivity contribution in [1.82, 2.24) is 19.7 Å². The number of aliphatic hydroxyl groups is 1. The summed E-state index contributed by atoms with van der Waals surface area (Å²) in [6.07, 6.45) is -0.101. The molecule has 11 heteroatoms. The number of carbonyl (C=O) groups excluding carboxylic acids is 1. The van der Waals surface area contributed by atoms with E-state index in [1.165, 1.54) is 44.3 Å². The Bertz CT molecular complexity index is 1200. The molecule has 3 aromatic rings. The van der Waals surface area contributed by atoms with Gasteiger partial charge in [-0.1, -0.05) is 17.7 Å². The molecule has 0 spiro atoms. The molecule has 6 nitrogen and oxygen atoms in total. The van der Waals surface area contributed by atoms with Crippen molar-refractivity contribution in [3.05, 3.63) is 53.2 Å². The maximum Gasteiger partial charge on any atom is 0.433 e. The molecule has 1 fully saturated rings. The van der Waals surface area contributed by atoms with Gasteiger partial charge in [0.25, 0.3) is 0 Å². The van der Waals surface area contributed by atoms with Gasteiger partial charge in [-0.15, -0.1) is 0 Å². The average molecular weight is 499 g/mol. The molecule has 182 valence electrons. The van der Waals surface area contributed by atoms with E-state index in [-0.39, 0.29) is 33.4 Å². The van der Waals surface area contributed by atoms with Crippen LogP contribution in [0.5, 0.6) is 0 Å². The number of rotatable bonds is 5. The number of amides is 1. The van der Waals surface area contributed by atoms with E-state index in [0.29, 0.717) is 4.68 Å². The summed E-state index contributed by atoms with van der Waals surface area (Å²) < 4.78 is 58.7. The van der Waals surface area contributed by atoms with Crippen molar-refractivity contribution in [3.8, 4) is 22.4 Å². The zero-order chi connectivity index (χ0) is 24.8. The maximum absolute atomic E-state index is 14.6. The fourth-order valence-corrected chi connectivity index (χ4v) is 4.18. The Kier molecular flexibility index (Phi) is 6.24. The number of carbonyl (C=O) groups is 1. The van der Waals surface area contributed by atoms with Crippen molar-refractivity contribution in [2.75, 3.05) is 0 Å². The summed E-state index contributed by atoms with van der Waals surface area (Å²) >= 11 is 6.17. The topological polar surface area (TPSA) is 72.1 Å². The lowest BCUT2D eigenvalue weighted by Crippen LogP contribution is -2.41. The van der Waals surface area contributed by atoms with Crippen LogP contribution in [0.25, 0.3) is 22.4 Å². The van der Waals surface area contributed by atoms with Crippen LogP contribution in [0.2, 0.25) is 5.02 Å². The fourth-order valence-electron chi connectivity index (χ4n) is 3.90. The van der Waals surface area contributed by atoms with Gasteiger partial charge in [-0.25, -0.2) is 9.18 Å². The Balaban J connectivity index is 1.90.